The smallest absolute Gasteiger partial charge is 0.262 e. The molecule has 0 spiro atoms. The number of hydrogen-bond acceptors (Lipinski definition) is 5. The van der Waals surface area contributed by atoms with Crippen LogP contribution in [0.3, 0.4) is 0 Å². The number of benzene rings is 2. The summed E-state index contributed by atoms with van der Waals surface area (Å²) >= 11 is 0. The molecule has 1 N–H and O–H groups in total. The zero-order valence-electron chi connectivity index (χ0n) is 16.1. The van der Waals surface area contributed by atoms with Gasteiger partial charge in [-0.05, 0) is 42.7 Å². The standard InChI is InChI=1S/C21H22N2O5S/c1-14(10-21(25)23-9-8-15-4-2-3-5-16(15)12-23)29(26,27)17-6-7-19-18(11-17)22-20(24)13-28-19/h2-7,11,14H,8-10,12-13H2,1H3,(H,22,24)/t14-/m1/s1. The summed E-state index contributed by atoms with van der Waals surface area (Å²) in [4.78, 5) is 26.0. The first-order valence-electron chi connectivity index (χ1n) is 9.50. The Morgan fingerprint density at radius 3 is 2.76 bits per heavy atom. The van der Waals surface area contributed by atoms with Crippen molar-refractivity contribution in [1.82, 2.24) is 4.90 Å². The van der Waals surface area contributed by atoms with E-state index in [1.54, 1.807) is 11.8 Å². The Bertz CT molecular complexity index is 1080. The highest BCUT2D eigenvalue weighted by atomic mass is 32.2. The molecule has 0 saturated heterocycles. The van der Waals surface area contributed by atoms with E-state index in [-0.39, 0.29) is 29.7 Å². The molecular weight excluding hydrogens is 392 g/mol. The average molecular weight is 414 g/mol. The van der Waals surface area contributed by atoms with E-state index in [1.165, 1.54) is 23.8 Å². The van der Waals surface area contributed by atoms with Crippen LogP contribution in [0.5, 0.6) is 5.75 Å². The van der Waals surface area contributed by atoms with Crippen molar-refractivity contribution in [3.63, 3.8) is 0 Å². The lowest BCUT2D eigenvalue weighted by Gasteiger charge is -2.29. The van der Waals surface area contributed by atoms with Crippen LogP contribution in [0.1, 0.15) is 24.5 Å². The zero-order valence-corrected chi connectivity index (χ0v) is 16.9. The molecule has 2 amide bonds. The molecule has 2 heterocycles. The Kier molecular flexibility index (Phi) is 5.04. The number of fused-ring (bicyclic) bond motifs is 2. The van der Waals surface area contributed by atoms with Crippen LogP contribution in [0.15, 0.2) is 47.4 Å². The second-order valence-electron chi connectivity index (χ2n) is 7.39. The topological polar surface area (TPSA) is 92.8 Å². The van der Waals surface area contributed by atoms with Gasteiger partial charge in [0.2, 0.25) is 5.91 Å². The molecule has 0 saturated carbocycles. The summed E-state index contributed by atoms with van der Waals surface area (Å²) in [5, 5.41) is 1.73. The van der Waals surface area contributed by atoms with Gasteiger partial charge in [-0.3, -0.25) is 9.59 Å². The molecule has 2 aliphatic heterocycles. The Morgan fingerprint density at radius 1 is 1.21 bits per heavy atom. The molecule has 0 aliphatic carbocycles. The molecule has 4 rings (SSSR count). The molecule has 0 bridgehead atoms. The molecule has 29 heavy (non-hydrogen) atoms. The van der Waals surface area contributed by atoms with Gasteiger partial charge in [0, 0.05) is 19.5 Å². The van der Waals surface area contributed by atoms with E-state index in [1.807, 2.05) is 18.2 Å². The minimum absolute atomic E-state index is 0.0614. The molecular formula is C21H22N2O5S. The largest absolute Gasteiger partial charge is 0.482 e. The van der Waals surface area contributed by atoms with Crippen LogP contribution in [0.2, 0.25) is 0 Å². The van der Waals surface area contributed by atoms with Gasteiger partial charge in [-0.15, -0.1) is 0 Å². The van der Waals surface area contributed by atoms with Crippen LogP contribution in [0.25, 0.3) is 0 Å². The molecule has 2 aromatic carbocycles. The van der Waals surface area contributed by atoms with Gasteiger partial charge in [-0.25, -0.2) is 8.42 Å². The lowest BCUT2D eigenvalue weighted by Crippen LogP contribution is -2.38. The first-order valence-corrected chi connectivity index (χ1v) is 11.0. The van der Waals surface area contributed by atoms with Gasteiger partial charge in [-0.2, -0.15) is 0 Å². The van der Waals surface area contributed by atoms with Crippen LogP contribution in [0, 0.1) is 0 Å². The van der Waals surface area contributed by atoms with Crippen molar-refractivity contribution in [3.8, 4) is 5.75 Å². The predicted molar refractivity (Wildman–Crippen MR) is 107 cm³/mol. The third kappa shape index (κ3) is 3.85. The highest BCUT2D eigenvalue weighted by Crippen LogP contribution is 2.32. The molecule has 0 unspecified atom stereocenters. The van der Waals surface area contributed by atoms with Crippen molar-refractivity contribution in [2.75, 3.05) is 18.5 Å². The minimum atomic E-state index is -3.74. The van der Waals surface area contributed by atoms with Crippen molar-refractivity contribution >= 4 is 27.3 Å². The van der Waals surface area contributed by atoms with Gasteiger partial charge in [-0.1, -0.05) is 24.3 Å². The van der Waals surface area contributed by atoms with Crippen molar-refractivity contribution in [2.24, 2.45) is 0 Å². The van der Waals surface area contributed by atoms with E-state index >= 15 is 0 Å². The average Bonchev–Trinajstić information content (AvgIpc) is 2.72. The predicted octanol–water partition coefficient (Wildman–Crippen LogP) is 2.15. The van der Waals surface area contributed by atoms with E-state index in [4.69, 9.17) is 4.74 Å². The van der Waals surface area contributed by atoms with Gasteiger partial charge in [0.15, 0.2) is 16.4 Å². The lowest BCUT2D eigenvalue weighted by molar-refractivity contribution is -0.132. The Balaban J connectivity index is 1.48. The Hall–Kier alpha value is -2.87. The second-order valence-corrected chi connectivity index (χ2v) is 9.75. The molecule has 1 atom stereocenters. The number of anilines is 1. The van der Waals surface area contributed by atoms with Crippen molar-refractivity contribution < 1.29 is 22.7 Å². The van der Waals surface area contributed by atoms with E-state index in [2.05, 4.69) is 11.4 Å². The quantitative estimate of drug-likeness (QED) is 0.828. The summed E-state index contributed by atoms with van der Waals surface area (Å²) in [6.07, 6.45) is 0.679. The zero-order chi connectivity index (χ0) is 20.6. The first kappa shape index (κ1) is 19.4. The summed E-state index contributed by atoms with van der Waals surface area (Å²) < 4.78 is 31.3. The monoisotopic (exact) mass is 414 g/mol. The number of hydrogen-bond donors (Lipinski definition) is 1. The summed E-state index contributed by atoms with van der Waals surface area (Å²) in [5.41, 5.74) is 2.66. The van der Waals surface area contributed by atoms with Crippen molar-refractivity contribution in [2.45, 2.75) is 36.5 Å². The molecule has 0 fully saturated rings. The fourth-order valence-corrected chi connectivity index (χ4v) is 5.03. The fourth-order valence-electron chi connectivity index (χ4n) is 3.66. The van der Waals surface area contributed by atoms with E-state index in [9.17, 15) is 18.0 Å². The van der Waals surface area contributed by atoms with Crippen LogP contribution >= 0.6 is 0 Å². The number of amides is 2. The molecule has 7 nitrogen and oxygen atoms in total. The highest BCUT2D eigenvalue weighted by Gasteiger charge is 2.30. The van der Waals surface area contributed by atoms with Crippen LogP contribution in [-0.4, -0.2) is 43.5 Å². The lowest BCUT2D eigenvalue weighted by atomic mass is 10.00. The van der Waals surface area contributed by atoms with E-state index in [0.717, 1.165) is 12.0 Å². The van der Waals surface area contributed by atoms with Crippen molar-refractivity contribution in [3.05, 3.63) is 53.6 Å². The maximum Gasteiger partial charge on any atom is 0.262 e. The van der Waals surface area contributed by atoms with Gasteiger partial charge >= 0.3 is 0 Å². The summed E-state index contributed by atoms with van der Waals surface area (Å²) in [7, 11) is -3.74. The van der Waals surface area contributed by atoms with Crippen LogP contribution in [-0.2, 0) is 32.4 Å². The number of carbonyl (C=O) groups excluding carboxylic acids is 2. The van der Waals surface area contributed by atoms with Gasteiger partial charge in [0.25, 0.3) is 5.91 Å². The number of nitrogens with zero attached hydrogens (tertiary/aromatic N) is 1. The highest BCUT2D eigenvalue weighted by molar-refractivity contribution is 7.92. The number of nitrogens with one attached hydrogen (secondary N) is 1. The van der Waals surface area contributed by atoms with Crippen molar-refractivity contribution in [1.29, 1.82) is 0 Å². The maximum atomic E-state index is 13.0. The normalized spacial score (nSPS) is 16.9. The Labute approximate surface area is 169 Å². The van der Waals surface area contributed by atoms with E-state index in [0.29, 0.717) is 24.5 Å². The summed E-state index contributed by atoms with van der Waals surface area (Å²) in [6.45, 7) is 2.54. The van der Waals surface area contributed by atoms with Crippen LogP contribution in [0.4, 0.5) is 5.69 Å². The summed E-state index contributed by atoms with van der Waals surface area (Å²) in [5.74, 6) is -0.0786. The van der Waals surface area contributed by atoms with Gasteiger partial charge in [0.1, 0.15) is 5.75 Å². The minimum Gasteiger partial charge on any atom is -0.482 e. The fraction of sp³-hybridized carbons (Fsp3) is 0.333. The molecule has 8 heteroatoms. The maximum absolute atomic E-state index is 13.0. The van der Waals surface area contributed by atoms with Gasteiger partial charge in [0.05, 0.1) is 15.8 Å². The van der Waals surface area contributed by atoms with Gasteiger partial charge < -0.3 is 15.0 Å². The van der Waals surface area contributed by atoms with E-state index < -0.39 is 15.1 Å². The SMILES string of the molecule is C[C@H](CC(=O)N1CCc2ccccc2C1)S(=O)(=O)c1ccc2c(c1)NC(=O)CO2. The number of carbonyl (C=O) groups is 2. The molecule has 2 aromatic rings. The van der Waals surface area contributed by atoms with Crippen LogP contribution < -0.4 is 10.1 Å². The summed E-state index contributed by atoms with van der Waals surface area (Å²) in [6, 6.07) is 12.3. The molecule has 2 aliphatic rings. The molecule has 0 radical (unpaired) electrons. The third-order valence-corrected chi connectivity index (χ3v) is 7.52. The Morgan fingerprint density at radius 2 is 1.97 bits per heavy atom. The molecule has 152 valence electrons. The second kappa shape index (κ2) is 7.51. The number of sulfone groups is 1. The third-order valence-electron chi connectivity index (χ3n) is 5.39. The number of rotatable bonds is 4. The molecule has 0 aromatic heterocycles. The number of ether oxygens (including phenoxy) is 1. The first-order chi connectivity index (χ1) is 13.8.